The van der Waals surface area contributed by atoms with Gasteiger partial charge in [0.05, 0.1) is 17.7 Å². The van der Waals surface area contributed by atoms with Gasteiger partial charge in [-0.2, -0.15) is 26.3 Å². The average Bonchev–Trinajstić information content (AvgIpc) is 3.62. The zero-order chi connectivity index (χ0) is 28.4. The number of hydrogen-bond donors (Lipinski definition) is 1. The summed E-state index contributed by atoms with van der Waals surface area (Å²) in [5.41, 5.74) is -2.87. The van der Waals surface area contributed by atoms with Gasteiger partial charge in [-0.1, -0.05) is 30.3 Å². The Morgan fingerprint density at radius 1 is 0.897 bits per heavy atom. The summed E-state index contributed by atoms with van der Waals surface area (Å²) in [6.07, 6.45) is -8.96. The summed E-state index contributed by atoms with van der Waals surface area (Å²) in [5.74, 6) is -0.396. The molecule has 3 amide bonds. The number of nitrogens with one attached hydrogen (secondary N) is 1. The molecule has 4 rings (SSSR count). The van der Waals surface area contributed by atoms with Crippen molar-refractivity contribution >= 4 is 29.0 Å². The number of alkyl halides is 6. The first-order valence-electron chi connectivity index (χ1n) is 12.0. The molecule has 0 aliphatic heterocycles. The van der Waals surface area contributed by atoms with E-state index >= 15 is 0 Å². The molecule has 0 unspecified atom stereocenters. The molecule has 1 fully saturated rings. The molecule has 12 heteroatoms. The fourth-order valence-corrected chi connectivity index (χ4v) is 4.92. The van der Waals surface area contributed by atoms with Crippen LogP contribution in [0.15, 0.2) is 60.7 Å². The number of thiophene rings is 1. The van der Waals surface area contributed by atoms with Crippen LogP contribution < -0.4 is 5.32 Å². The van der Waals surface area contributed by atoms with Crippen LogP contribution >= 0.6 is 11.3 Å². The van der Waals surface area contributed by atoms with Crippen LogP contribution in [0.1, 0.15) is 39.3 Å². The number of carbonyl (C=O) groups excluding carboxylic acids is 2. The van der Waals surface area contributed by atoms with Crippen molar-refractivity contribution in [1.29, 1.82) is 0 Å². The third-order valence-electron chi connectivity index (χ3n) is 6.10. The van der Waals surface area contributed by atoms with Crippen molar-refractivity contribution < 1.29 is 35.9 Å². The first-order chi connectivity index (χ1) is 18.3. The van der Waals surface area contributed by atoms with Crippen LogP contribution in [0.3, 0.4) is 0 Å². The molecule has 0 saturated heterocycles. The van der Waals surface area contributed by atoms with Crippen LogP contribution in [-0.2, 0) is 30.2 Å². The molecule has 208 valence electrons. The molecule has 0 bridgehead atoms. The van der Waals surface area contributed by atoms with Gasteiger partial charge in [-0.15, -0.1) is 11.3 Å². The fourth-order valence-electron chi connectivity index (χ4n) is 4.02. The van der Waals surface area contributed by atoms with E-state index in [1.54, 1.807) is 4.90 Å². The smallest absolute Gasteiger partial charge is 0.332 e. The fraction of sp³-hybridized carbons (Fsp3) is 0.333. The van der Waals surface area contributed by atoms with Crippen LogP contribution in [0.25, 0.3) is 0 Å². The lowest BCUT2D eigenvalue weighted by atomic mass is 10.1. The largest absolute Gasteiger partial charge is 0.416 e. The van der Waals surface area contributed by atoms with Crippen LogP contribution in [0.2, 0.25) is 0 Å². The van der Waals surface area contributed by atoms with Crippen molar-refractivity contribution in [1.82, 2.24) is 9.80 Å². The van der Waals surface area contributed by atoms with Gasteiger partial charge in [-0.3, -0.25) is 4.79 Å². The van der Waals surface area contributed by atoms with Gasteiger partial charge in [-0.25, -0.2) is 4.79 Å². The van der Waals surface area contributed by atoms with Gasteiger partial charge in [0.1, 0.15) is 6.54 Å². The van der Waals surface area contributed by atoms with Gasteiger partial charge in [0, 0.05) is 28.0 Å². The maximum absolute atomic E-state index is 13.4. The summed E-state index contributed by atoms with van der Waals surface area (Å²) in [5, 5.41) is 2.15. The Kier molecular flexibility index (Phi) is 8.24. The van der Waals surface area contributed by atoms with Crippen LogP contribution in [0.5, 0.6) is 0 Å². The van der Waals surface area contributed by atoms with E-state index in [0.717, 1.165) is 15.3 Å². The Balaban J connectivity index is 1.54. The second-order valence-electron chi connectivity index (χ2n) is 9.33. The third-order valence-corrected chi connectivity index (χ3v) is 7.09. The Morgan fingerprint density at radius 3 is 2.03 bits per heavy atom. The number of aryl methyl sites for hydroxylation is 1. The highest BCUT2D eigenvalue weighted by molar-refractivity contribution is 7.11. The van der Waals surface area contributed by atoms with E-state index in [1.165, 1.54) is 16.2 Å². The minimum absolute atomic E-state index is 0.00834. The third kappa shape index (κ3) is 7.75. The first-order valence-corrected chi connectivity index (χ1v) is 12.9. The number of urea groups is 1. The molecule has 0 spiro atoms. The van der Waals surface area contributed by atoms with Crippen molar-refractivity contribution in [3.63, 3.8) is 0 Å². The lowest BCUT2D eigenvalue weighted by Gasteiger charge is -2.28. The molecule has 2 aromatic carbocycles. The topological polar surface area (TPSA) is 52.7 Å². The van der Waals surface area contributed by atoms with Crippen LogP contribution in [-0.4, -0.2) is 34.3 Å². The van der Waals surface area contributed by atoms with Gasteiger partial charge in [-0.05, 0) is 55.7 Å². The molecule has 0 atom stereocenters. The number of rotatable bonds is 8. The molecule has 1 N–H and O–H groups in total. The lowest BCUT2D eigenvalue weighted by molar-refractivity contribution is -0.143. The minimum atomic E-state index is -5.05. The molecular weight excluding hydrogens is 544 g/mol. The highest BCUT2D eigenvalue weighted by atomic mass is 32.1. The number of benzene rings is 2. The van der Waals surface area contributed by atoms with Crippen LogP contribution in [0, 0.1) is 6.92 Å². The molecule has 39 heavy (non-hydrogen) atoms. The van der Waals surface area contributed by atoms with Crippen molar-refractivity contribution in [2.24, 2.45) is 0 Å². The first kappa shape index (κ1) is 28.5. The number of halogens is 6. The average molecular weight is 570 g/mol. The summed E-state index contributed by atoms with van der Waals surface area (Å²) in [6.45, 7) is 2.11. The van der Waals surface area contributed by atoms with Gasteiger partial charge in [0.15, 0.2) is 0 Å². The standard InChI is InChI=1S/C27H25F6N3O2S/c1-17-7-10-23(39-17)15-35(14-18-5-3-2-4-6-18)24(37)16-36(22-8-9-22)25(38)34-21-12-19(26(28,29)30)11-20(13-21)27(31,32)33/h2-7,10-13,22H,8-9,14-16H2,1H3,(H,34,38). The second-order valence-corrected chi connectivity index (χ2v) is 10.7. The van der Waals surface area contributed by atoms with E-state index < -0.39 is 41.1 Å². The molecule has 3 aromatic rings. The number of hydrogen-bond acceptors (Lipinski definition) is 3. The van der Waals surface area contributed by atoms with E-state index in [0.29, 0.717) is 25.0 Å². The van der Waals surface area contributed by atoms with Gasteiger partial charge >= 0.3 is 18.4 Å². The lowest BCUT2D eigenvalue weighted by Crippen LogP contribution is -2.45. The molecule has 1 aliphatic rings. The predicted octanol–water partition coefficient (Wildman–Crippen LogP) is 7.32. The van der Waals surface area contributed by atoms with E-state index in [1.807, 2.05) is 49.4 Å². The van der Waals surface area contributed by atoms with Gasteiger partial charge < -0.3 is 15.1 Å². The van der Waals surface area contributed by atoms with E-state index in [4.69, 9.17) is 0 Å². The Hall–Kier alpha value is -3.54. The maximum Gasteiger partial charge on any atom is 0.416 e. The summed E-state index contributed by atoms with van der Waals surface area (Å²) >= 11 is 1.53. The normalized spacial score (nSPS) is 13.7. The summed E-state index contributed by atoms with van der Waals surface area (Å²) in [4.78, 5) is 31.3. The maximum atomic E-state index is 13.4. The SMILES string of the molecule is Cc1ccc(CN(Cc2ccccc2)C(=O)CN(C(=O)Nc2cc(C(F)(F)F)cc(C(F)(F)F)c2)C2CC2)s1. The van der Waals surface area contributed by atoms with E-state index in [9.17, 15) is 35.9 Å². The predicted molar refractivity (Wildman–Crippen MR) is 135 cm³/mol. The molecule has 1 heterocycles. The van der Waals surface area contributed by atoms with Crippen molar-refractivity contribution in [2.75, 3.05) is 11.9 Å². The zero-order valence-electron chi connectivity index (χ0n) is 20.8. The van der Waals surface area contributed by atoms with Gasteiger partial charge in [0.2, 0.25) is 5.91 Å². The number of carbonyl (C=O) groups is 2. The molecule has 1 aromatic heterocycles. The summed E-state index contributed by atoms with van der Waals surface area (Å²) in [6, 6.07) is 12.7. The van der Waals surface area contributed by atoms with Crippen molar-refractivity contribution in [3.8, 4) is 0 Å². The number of amides is 3. The number of nitrogens with zero attached hydrogens (tertiary/aromatic N) is 2. The summed E-state index contributed by atoms with van der Waals surface area (Å²) < 4.78 is 79.5. The van der Waals surface area contributed by atoms with Gasteiger partial charge in [0.25, 0.3) is 0 Å². The van der Waals surface area contributed by atoms with Crippen molar-refractivity contribution in [3.05, 3.63) is 87.1 Å². The molecule has 1 aliphatic carbocycles. The molecule has 0 radical (unpaired) electrons. The monoisotopic (exact) mass is 569 g/mol. The summed E-state index contributed by atoms with van der Waals surface area (Å²) in [7, 11) is 0. The minimum Gasteiger partial charge on any atom is -0.332 e. The highest BCUT2D eigenvalue weighted by Crippen LogP contribution is 2.38. The molecule has 5 nitrogen and oxygen atoms in total. The Morgan fingerprint density at radius 2 is 1.51 bits per heavy atom. The zero-order valence-corrected chi connectivity index (χ0v) is 21.6. The Bertz CT molecular complexity index is 1290. The highest BCUT2D eigenvalue weighted by Gasteiger charge is 2.38. The van der Waals surface area contributed by atoms with Crippen LogP contribution in [0.4, 0.5) is 36.8 Å². The molecule has 1 saturated carbocycles. The quantitative estimate of drug-likeness (QED) is 0.289. The number of anilines is 1. The van der Waals surface area contributed by atoms with E-state index in [-0.39, 0.29) is 31.7 Å². The Labute approximate surface area is 225 Å². The second kappa shape index (κ2) is 11.3. The molecular formula is C27H25F6N3O2S. The van der Waals surface area contributed by atoms with E-state index in [2.05, 4.69) is 5.32 Å². The van der Waals surface area contributed by atoms with Crippen molar-refractivity contribution in [2.45, 2.75) is 51.2 Å².